The molecule has 1 aliphatic heterocycles. The van der Waals surface area contributed by atoms with Crippen LogP contribution in [0.15, 0.2) is 77.3 Å². The summed E-state index contributed by atoms with van der Waals surface area (Å²) in [6, 6.07) is 12.7. The molecule has 10 heteroatoms. The minimum atomic E-state index is -0.409. The lowest BCUT2D eigenvalue weighted by Crippen LogP contribution is -2.24. The Morgan fingerprint density at radius 2 is 1.91 bits per heavy atom. The van der Waals surface area contributed by atoms with Gasteiger partial charge in [-0.05, 0) is 29.8 Å². The number of aromatic nitrogens is 4. The molecule has 160 valence electrons. The number of fused-ring (bicyclic) bond motifs is 2. The first-order valence-corrected chi connectivity index (χ1v) is 10.6. The van der Waals surface area contributed by atoms with E-state index in [9.17, 15) is 10.1 Å². The molecular formula is C22H18N6O3S. The zero-order valence-corrected chi connectivity index (χ0v) is 17.9. The first-order valence-electron chi connectivity index (χ1n) is 9.77. The number of nitro groups is 1. The summed E-state index contributed by atoms with van der Waals surface area (Å²) in [5.74, 6) is 0.784. The minimum Gasteiger partial charge on any atom is -0.364 e. The van der Waals surface area contributed by atoms with E-state index in [1.165, 1.54) is 12.1 Å². The van der Waals surface area contributed by atoms with Gasteiger partial charge >= 0.3 is 0 Å². The molecule has 3 heterocycles. The van der Waals surface area contributed by atoms with Gasteiger partial charge in [0.15, 0.2) is 5.82 Å². The van der Waals surface area contributed by atoms with Crippen molar-refractivity contribution in [3.05, 3.63) is 83.1 Å². The maximum Gasteiger partial charge on any atom is 0.269 e. The zero-order chi connectivity index (χ0) is 22.1. The molecule has 1 aliphatic rings. The monoisotopic (exact) mass is 446 g/mol. The number of hydrogen-bond donors (Lipinski definition) is 0. The highest BCUT2D eigenvalue weighted by Gasteiger charge is 2.25. The van der Waals surface area contributed by atoms with Gasteiger partial charge in [0, 0.05) is 54.8 Å². The fraction of sp³-hybridized carbons (Fsp3) is 0.136. The molecular weight excluding hydrogens is 428 g/mol. The van der Waals surface area contributed by atoms with Crippen LogP contribution in [0.4, 0.5) is 17.2 Å². The standard InChI is InChI=1S/C22H18N6O3S/c1-31-14-27-19-10-15(2-7-20(19)32-22-21(27)23-8-9-24-22)11-26-12-18(25-13-26)16-3-5-17(6-4-16)28(29)30/h2-10,12-13H,11,14H2,1H3. The molecule has 2 aromatic carbocycles. The van der Waals surface area contributed by atoms with E-state index in [-0.39, 0.29) is 5.69 Å². The topological polar surface area (TPSA) is 99.2 Å². The highest BCUT2D eigenvalue weighted by atomic mass is 32.2. The fourth-order valence-electron chi connectivity index (χ4n) is 3.57. The average Bonchev–Trinajstić information content (AvgIpc) is 3.28. The Kier molecular flexibility index (Phi) is 5.29. The van der Waals surface area contributed by atoms with Crippen LogP contribution in [0.1, 0.15) is 5.56 Å². The van der Waals surface area contributed by atoms with E-state index >= 15 is 0 Å². The second-order valence-electron chi connectivity index (χ2n) is 7.17. The molecule has 0 fully saturated rings. The normalized spacial score (nSPS) is 12.3. The summed E-state index contributed by atoms with van der Waals surface area (Å²) in [5, 5.41) is 11.7. The molecule has 32 heavy (non-hydrogen) atoms. The Balaban J connectivity index is 1.40. The lowest BCUT2D eigenvalue weighted by atomic mass is 10.1. The molecule has 4 aromatic rings. The van der Waals surface area contributed by atoms with E-state index in [4.69, 9.17) is 4.74 Å². The molecule has 0 spiro atoms. The number of methoxy groups -OCH3 is 1. The van der Waals surface area contributed by atoms with Crippen molar-refractivity contribution < 1.29 is 9.66 Å². The summed E-state index contributed by atoms with van der Waals surface area (Å²) in [6.07, 6.45) is 7.07. The molecule has 0 atom stereocenters. The van der Waals surface area contributed by atoms with Gasteiger partial charge < -0.3 is 9.30 Å². The Labute approximate surface area is 187 Å². The van der Waals surface area contributed by atoms with Crippen molar-refractivity contribution in [3.63, 3.8) is 0 Å². The maximum absolute atomic E-state index is 10.9. The molecule has 0 aliphatic carbocycles. The molecule has 9 nitrogen and oxygen atoms in total. The number of anilines is 2. The number of imidazole rings is 1. The summed E-state index contributed by atoms with van der Waals surface area (Å²) >= 11 is 1.59. The predicted molar refractivity (Wildman–Crippen MR) is 120 cm³/mol. The van der Waals surface area contributed by atoms with Crippen LogP contribution in [0.25, 0.3) is 11.3 Å². The number of nitrogens with zero attached hydrogens (tertiary/aromatic N) is 6. The summed E-state index contributed by atoms with van der Waals surface area (Å²) in [6.45, 7) is 1.00. The lowest BCUT2D eigenvalue weighted by Gasteiger charge is -2.30. The van der Waals surface area contributed by atoms with Crippen LogP contribution in [-0.2, 0) is 11.3 Å². The summed E-state index contributed by atoms with van der Waals surface area (Å²) in [4.78, 5) is 27.0. The van der Waals surface area contributed by atoms with Crippen molar-refractivity contribution in [3.8, 4) is 11.3 Å². The zero-order valence-electron chi connectivity index (χ0n) is 17.1. The van der Waals surface area contributed by atoms with Crippen LogP contribution in [0, 0.1) is 10.1 Å². The van der Waals surface area contributed by atoms with Gasteiger partial charge in [0.25, 0.3) is 5.69 Å². The van der Waals surface area contributed by atoms with Gasteiger partial charge in [-0.15, -0.1) is 0 Å². The van der Waals surface area contributed by atoms with Crippen molar-refractivity contribution in [1.82, 2.24) is 19.5 Å². The number of nitro benzene ring substituents is 1. The third-order valence-electron chi connectivity index (χ3n) is 5.05. The third kappa shape index (κ3) is 3.81. The molecule has 0 N–H and O–H groups in total. The van der Waals surface area contributed by atoms with Gasteiger partial charge in [-0.25, -0.2) is 15.0 Å². The van der Waals surface area contributed by atoms with Gasteiger partial charge in [-0.3, -0.25) is 15.0 Å². The second-order valence-corrected chi connectivity index (χ2v) is 8.20. The van der Waals surface area contributed by atoms with E-state index in [1.54, 1.807) is 49.7 Å². The predicted octanol–water partition coefficient (Wildman–Crippen LogP) is 4.50. The quantitative estimate of drug-likeness (QED) is 0.315. The third-order valence-corrected chi connectivity index (χ3v) is 6.10. The number of rotatable bonds is 6. The number of benzene rings is 2. The Morgan fingerprint density at radius 3 is 2.69 bits per heavy atom. The molecule has 5 rings (SSSR count). The lowest BCUT2D eigenvalue weighted by molar-refractivity contribution is -0.384. The first kappa shape index (κ1) is 20.2. The van der Waals surface area contributed by atoms with Crippen LogP contribution >= 0.6 is 11.8 Å². The second kappa shape index (κ2) is 8.40. The Hall–Kier alpha value is -3.76. The van der Waals surface area contributed by atoms with E-state index < -0.39 is 4.92 Å². The summed E-state index contributed by atoms with van der Waals surface area (Å²) in [5.41, 5.74) is 3.78. The molecule has 0 saturated carbocycles. The van der Waals surface area contributed by atoms with E-state index in [0.29, 0.717) is 13.3 Å². The molecule has 0 unspecified atom stereocenters. The average molecular weight is 446 g/mol. The van der Waals surface area contributed by atoms with Crippen molar-refractivity contribution in [1.29, 1.82) is 0 Å². The van der Waals surface area contributed by atoms with Gasteiger partial charge in [-0.2, -0.15) is 0 Å². The fourth-order valence-corrected chi connectivity index (χ4v) is 4.56. The molecule has 0 amide bonds. The van der Waals surface area contributed by atoms with Crippen molar-refractivity contribution in [2.75, 3.05) is 18.7 Å². The molecule has 0 bridgehead atoms. The van der Waals surface area contributed by atoms with Crippen LogP contribution in [-0.4, -0.2) is 38.3 Å². The van der Waals surface area contributed by atoms with Crippen molar-refractivity contribution >= 4 is 29.0 Å². The highest BCUT2D eigenvalue weighted by molar-refractivity contribution is 7.99. The Bertz CT molecular complexity index is 1290. The molecule has 2 aromatic heterocycles. The molecule has 0 saturated heterocycles. The largest absolute Gasteiger partial charge is 0.364 e. The SMILES string of the molecule is COCN1c2cc(Cn3cnc(-c4ccc([N+](=O)[O-])cc4)c3)ccc2Sc2nccnc21. The van der Waals surface area contributed by atoms with Crippen LogP contribution in [0.2, 0.25) is 0 Å². The summed E-state index contributed by atoms with van der Waals surface area (Å²) < 4.78 is 7.41. The Morgan fingerprint density at radius 1 is 1.09 bits per heavy atom. The van der Waals surface area contributed by atoms with E-state index in [2.05, 4.69) is 33.2 Å². The van der Waals surface area contributed by atoms with Gasteiger partial charge in [-0.1, -0.05) is 17.8 Å². The number of ether oxygens (including phenoxy) is 1. The molecule has 0 radical (unpaired) electrons. The van der Waals surface area contributed by atoms with Crippen molar-refractivity contribution in [2.45, 2.75) is 16.5 Å². The number of hydrogen-bond acceptors (Lipinski definition) is 8. The maximum atomic E-state index is 10.9. The van der Waals surface area contributed by atoms with Gasteiger partial charge in [0.2, 0.25) is 0 Å². The van der Waals surface area contributed by atoms with E-state index in [1.807, 2.05) is 15.7 Å². The highest BCUT2D eigenvalue weighted by Crippen LogP contribution is 2.46. The van der Waals surface area contributed by atoms with Crippen molar-refractivity contribution in [2.24, 2.45) is 0 Å². The van der Waals surface area contributed by atoms with Gasteiger partial charge in [0.1, 0.15) is 11.8 Å². The summed E-state index contributed by atoms with van der Waals surface area (Å²) in [7, 11) is 1.66. The van der Waals surface area contributed by atoms with Crippen LogP contribution < -0.4 is 4.90 Å². The van der Waals surface area contributed by atoms with Crippen LogP contribution in [0.3, 0.4) is 0 Å². The number of non-ortho nitro benzene ring substituents is 1. The first-order chi connectivity index (χ1) is 15.6. The minimum absolute atomic E-state index is 0.0620. The smallest absolute Gasteiger partial charge is 0.269 e. The van der Waals surface area contributed by atoms with Crippen LogP contribution in [0.5, 0.6) is 0 Å². The van der Waals surface area contributed by atoms with E-state index in [0.717, 1.165) is 38.2 Å². The van der Waals surface area contributed by atoms with Gasteiger partial charge in [0.05, 0.1) is 22.6 Å².